The third-order valence-electron chi connectivity index (χ3n) is 6.15. The number of methoxy groups -OCH3 is 1. The fourth-order valence-electron chi connectivity index (χ4n) is 4.31. The van der Waals surface area contributed by atoms with Crippen LogP contribution >= 0.6 is 0 Å². The van der Waals surface area contributed by atoms with E-state index in [1.807, 2.05) is 54.1 Å². The second-order valence-corrected chi connectivity index (χ2v) is 8.05. The van der Waals surface area contributed by atoms with Crippen molar-refractivity contribution in [3.8, 4) is 0 Å². The van der Waals surface area contributed by atoms with Crippen molar-refractivity contribution in [2.24, 2.45) is 0 Å². The van der Waals surface area contributed by atoms with Crippen LogP contribution in [0.25, 0.3) is 0 Å². The molecule has 0 aliphatic carbocycles. The van der Waals surface area contributed by atoms with E-state index in [0.29, 0.717) is 58.7 Å². The number of piperidine rings is 1. The second-order valence-electron chi connectivity index (χ2n) is 8.05. The van der Waals surface area contributed by atoms with Gasteiger partial charge >= 0.3 is 6.03 Å². The lowest BCUT2D eigenvalue weighted by atomic mass is 9.85. The maximum Gasteiger partial charge on any atom is 0.327 e. The molecule has 1 aromatic carbocycles. The molecule has 3 rings (SSSR count). The van der Waals surface area contributed by atoms with Gasteiger partial charge in [-0.1, -0.05) is 30.3 Å². The molecular weight excluding hydrogens is 384 g/mol. The summed E-state index contributed by atoms with van der Waals surface area (Å²) in [6.07, 6.45) is 0.933. The summed E-state index contributed by atoms with van der Waals surface area (Å²) in [6, 6.07) is 9.50. The maximum absolute atomic E-state index is 13.2. The summed E-state index contributed by atoms with van der Waals surface area (Å²) in [4.78, 5) is 45.7. The number of likely N-dealkylation sites (N-methyl/N-ethyl adjacent to an activating group) is 2. The molecule has 4 amide bonds. The molecule has 8 nitrogen and oxygen atoms in total. The van der Waals surface area contributed by atoms with Gasteiger partial charge in [-0.3, -0.25) is 19.4 Å². The van der Waals surface area contributed by atoms with Gasteiger partial charge in [-0.25, -0.2) is 4.79 Å². The van der Waals surface area contributed by atoms with Gasteiger partial charge in [0.15, 0.2) is 0 Å². The van der Waals surface area contributed by atoms with Crippen molar-refractivity contribution in [3.63, 3.8) is 0 Å². The Morgan fingerprint density at radius 1 is 1.17 bits per heavy atom. The summed E-state index contributed by atoms with van der Waals surface area (Å²) < 4.78 is 5.06. The van der Waals surface area contributed by atoms with E-state index < -0.39 is 5.54 Å². The van der Waals surface area contributed by atoms with Crippen LogP contribution < -0.4 is 0 Å². The van der Waals surface area contributed by atoms with Crippen molar-refractivity contribution >= 4 is 17.8 Å². The lowest BCUT2D eigenvalue weighted by molar-refractivity contribution is -0.141. The van der Waals surface area contributed by atoms with Crippen molar-refractivity contribution in [1.82, 2.24) is 19.6 Å². The molecule has 0 bridgehead atoms. The highest BCUT2D eigenvalue weighted by Crippen LogP contribution is 2.38. The van der Waals surface area contributed by atoms with Crippen molar-refractivity contribution in [2.45, 2.75) is 31.8 Å². The number of rotatable bonds is 8. The highest BCUT2D eigenvalue weighted by atomic mass is 16.5. The number of carbonyl (C=O) groups is 3. The van der Waals surface area contributed by atoms with Crippen LogP contribution in [0.5, 0.6) is 0 Å². The van der Waals surface area contributed by atoms with E-state index in [0.717, 1.165) is 5.56 Å². The number of imide groups is 1. The average molecular weight is 417 g/mol. The number of urea groups is 1. The molecule has 1 spiro atoms. The molecule has 8 heteroatoms. The van der Waals surface area contributed by atoms with Gasteiger partial charge < -0.3 is 14.5 Å². The Morgan fingerprint density at radius 3 is 2.43 bits per heavy atom. The lowest BCUT2D eigenvalue weighted by Crippen LogP contribution is -2.57. The van der Waals surface area contributed by atoms with Crippen LogP contribution in [0.15, 0.2) is 30.3 Å². The molecule has 0 aromatic heterocycles. The quantitative estimate of drug-likeness (QED) is 0.599. The van der Waals surface area contributed by atoms with Crippen LogP contribution in [-0.2, 0) is 20.9 Å². The molecule has 2 fully saturated rings. The Morgan fingerprint density at radius 2 is 1.83 bits per heavy atom. The SMILES string of the molecule is CCN1C(=O)N(Cc2ccccc2)C2(CCN(C(=O)CN(C)CCOC)CC2)C1=O. The predicted octanol–water partition coefficient (Wildman–Crippen LogP) is 1.41. The summed E-state index contributed by atoms with van der Waals surface area (Å²) in [5.74, 6) is -0.0857. The van der Waals surface area contributed by atoms with E-state index in [-0.39, 0.29) is 17.8 Å². The van der Waals surface area contributed by atoms with E-state index in [4.69, 9.17) is 4.74 Å². The molecule has 2 aliphatic rings. The first-order valence-electron chi connectivity index (χ1n) is 10.6. The lowest BCUT2D eigenvalue weighted by Gasteiger charge is -2.42. The van der Waals surface area contributed by atoms with Gasteiger partial charge in [0.05, 0.1) is 13.2 Å². The smallest absolute Gasteiger partial charge is 0.327 e. The zero-order valence-electron chi connectivity index (χ0n) is 18.2. The molecule has 30 heavy (non-hydrogen) atoms. The highest BCUT2D eigenvalue weighted by Gasteiger charge is 2.57. The molecule has 2 saturated heterocycles. The summed E-state index contributed by atoms with van der Waals surface area (Å²) >= 11 is 0. The minimum absolute atomic E-state index is 0.0437. The Balaban J connectivity index is 1.71. The van der Waals surface area contributed by atoms with Crippen LogP contribution in [0.4, 0.5) is 4.79 Å². The number of hydrogen-bond acceptors (Lipinski definition) is 5. The van der Waals surface area contributed by atoms with E-state index in [2.05, 4.69) is 0 Å². The Kier molecular flexibility index (Phi) is 7.10. The number of likely N-dealkylation sites (tertiary alicyclic amines) is 1. The minimum atomic E-state index is -0.859. The van der Waals surface area contributed by atoms with Gasteiger partial charge in [0, 0.05) is 39.8 Å². The molecule has 0 radical (unpaired) electrons. The number of hydrogen-bond donors (Lipinski definition) is 0. The van der Waals surface area contributed by atoms with Gasteiger partial charge in [-0.2, -0.15) is 0 Å². The molecule has 164 valence electrons. The molecule has 2 heterocycles. The van der Waals surface area contributed by atoms with Crippen molar-refractivity contribution in [3.05, 3.63) is 35.9 Å². The number of nitrogens with zero attached hydrogens (tertiary/aromatic N) is 4. The van der Waals surface area contributed by atoms with E-state index in [1.54, 1.807) is 12.0 Å². The third-order valence-corrected chi connectivity index (χ3v) is 6.15. The molecule has 0 saturated carbocycles. The summed E-state index contributed by atoms with van der Waals surface area (Å²) in [5.41, 5.74) is 0.135. The minimum Gasteiger partial charge on any atom is -0.383 e. The first kappa shape index (κ1) is 22.2. The number of amides is 4. The summed E-state index contributed by atoms with van der Waals surface area (Å²) in [5, 5.41) is 0. The molecule has 2 aliphatic heterocycles. The Bertz CT molecular complexity index is 762. The number of ether oxygens (including phenoxy) is 1. The molecule has 0 atom stereocenters. The van der Waals surface area contributed by atoms with E-state index >= 15 is 0 Å². The van der Waals surface area contributed by atoms with Crippen molar-refractivity contribution in [1.29, 1.82) is 0 Å². The molecule has 0 unspecified atom stereocenters. The van der Waals surface area contributed by atoms with E-state index in [9.17, 15) is 14.4 Å². The first-order valence-corrected chi connectivity index (χ1v) is 10.6. The Labute approximate surface area is 178 Å². The second kappa shape index (κ2) is 9.57. The van der Waals surface area contributed by atoms with Gasteiger partial charge in [-0.05, 0) is 32.4 Å². The fraction of sp³-hybridized carbons (Fsp3) is 0.591. The zero-order chi connectivity index (χ0) is 21.7. The van der Waals surface area contributed by atoms with Crippen LogP contribution in [0.2, 0.25) is 0 Å². The van der Waals surface area contributed by atoms with Gasteiger partial charge in [0.1, 0.15) is 5.54 Å². The number of carbonyl (C=O) groups excluding carboxylic acids is 3. The van der Waals surface area contributed by atoms with Gasteiger partial charge in [0.25, 0.3) is 5.91 Å². The van der Waals surface area contributed by atoms with Crippen LogP contribution in [-0.4, -0.2) is 96.5 Å². The Hall–Kier alpha value is -2.45. The predicted molar refractivity (Wildman–Crippen MR) is 113 cm³/mol. The highest BCUT2D eigenvalue weighted by molar-refractivity contribution is 6.07. The fourth-order valence-corrected chi connectivity index (χ4v) is 4.31. The average Bonchev–Trinajstić information content (AvgIpc) is 2.94. The largest absolute Gasteiger partial charge is 0.383 e. The van der Waals surface area contributed by atoms with E-state index in [1.165, 1.54) is 4.90 Å². The van der Waals surface area contributed by atoms with Crippen LogP contribution in [0.3, 0.4) is 0 Å². The van der Waals surface area contributed by atoms with Crippen LogP contribution in [0.1, 0.15) is 25.3 Å². The standard InChI is InChI=1S/C22H32N4O4/c1-4-25-20(28)22(26(21(25)29)16-18-8-6-5-7-9-18)10-12-24(13-11-22)19(27)17-23(2)14-15-30-3/h5-9H,4,10-17H2,1-3H3. The summed E-state index contributed by atoms with van der Waals surface area (Å²) in [7, 11) is 3.53. The third kappa shape index (κ3) is 4.34. The topological polar surface area (TPSA) is 73.4 Å². The molecule has 1 aromatic rings. The first-order chi connectivity index (χ1) is 14.4. The molecule has 0 N–H and O–H groups in total. The number of benzene rings is 1. The normalized spacial score (nSPS) is 18.7. The zero-order valence-corrected chi connectivity index (χ0v) is 18.2. The van der Waals surface area contributed by atoms with Gasteiger partial charge in [0.2, 0.25) is 5.91 Å². The maximum atomic E-state index is 13.2. The summed E-state index contributed by atoms with van der Waals surface area (Å²) in [6.45, 7) is 5.10. The van der Waals surface area contributed by atoms with Crippen LogP contribution in [0, 0.1) is 0 Å². The van der Waals surface area contributed by atoms with Gasteiger partial charge in [-0.15, -0.1) is 0 Å². The van der Waals surface area contributed by atoms with Crippen molar-refractivity contribution in [2.75, 3.05) is 53.5 Å². The molecular formula is C22H32N4O4. The van der Waals surface area contributed by atoms with Crippen molar-refractivity contribution < 1.29 is 19.1 Å². The monoisotopic (exact) mass is 416 g/mol.